The summed E-state index contributed by atoms with van der Waals surface area (Å²) in [6, 6.07) is 23.3. The Balaban J connectivity index is 0.000000402. The fourth-order valence-electron chi connectivity index (χ4n) is 3.56. The van der Waals surface area contributed by atoms with Crippen LogP contribution in [0.25, 0.3) is 22.4 Å². The molecule has 192 valence electrons. The van der Waals surface area contributed by atoms with Gasteiger partial charge in [-0.15, -0.1) is 0 Å². The predicted molar refractivity (Wildman–Crippen MR) is 154 cm³/mol. The molecule has 0 aliphatic carbocycles. The molecule has 2 nitrogen and oxygen atoms in total. The topological polar surface area (TPSA) is 25.2 Å². The van der Waals surface area contributed by atoms with E-state index in [1.807, 2.05) is 26.0 Å². The zero-order valence-corrected chi connectivity index (χ0v) is 23.8. The van der Waals surface area contributed by atoms with Gasteiger partial charge in [0.1, 0.15) is 0 Å². The molecular formula is C33H37ErN2-. The molecule has 0 spiro atoms. The van der Waals surface area contributed by atoms with Crippen LogP contribution in [0.4, 0.5) is 0 Å². The minimum Gasteiger partial charge on any atom is -0.325 e. The van der Waals surface area contributed by atoms with Gasteiger partial charge >= 0.3 is 0 Å². The number of hydrogen-bond acceptors (Lipinski definition) is 2. The number of benzene rings is 2. The first-order valence-corrected chi connectivity index (χ1v) is 12.1. The van der Waals surface area contributed by atoms with Gasteiger partial charge in [-0.05, 0) is 50.3 Å². The Morgan fingerprint density at radius 2 is 1.69 bits per heavy atom. The molecule has 0 aliphatic rings. The van der Waals surface area contributed by atoms with Crippen molar-refractivity contribution in [3.05, 3.63) is 127 Å². The summed E-state index contributed by atoms with van der Waals surface area (Å²) in [6.07, 6.45) is 15.0. The SMILES string of the molecule is C=C[C-]=CC=N/C(C)=C/C/C=C\C.Cc1nc(-c2ccccc2C(C)C)ccc1-c1ccccc1.[Er]. The molecule has 0 atom stereocenters. The van der Waals surface area contributed by atoms with Crippen LogP contribution >= 0.6 is 0 Å². The Bertz CT molecular complexity index is 1190. The van der Waals surface area contributed by atoms with E-state index < -0.39 is 0 Å². The number of aliphatic imine (C=N–C) groups is 1. The first kappa shape index (κ1) is 31.5. The number of nitrogens with zero attached hydrogens (tertiary/aromatic N) is 2. The van der Waals surface area contributed by atoms with Gasteiger partial charge in [-0.2, -0.15) is 24.8 Å². The van der Waals surface area contributed by atoms with Crippen LogP contribution in [0.3, 0.4) is 0 Å². The maximum absolute atomic E-state index is 4.86. The average molecular weight is 629 g/mol. The second-order valence-corrected chi connectivity index (χ2v) is 8.40. The van der Waals surface area contributed by atoms with E-state index in [0.29, 0.717) is 5.92 Å². The van der Waals surface area contributed by atoms with Gasteiger partial charge in [-0.25, -0.2) is 0 Å². The second kappa shape index (κ2) is 17.8. The van der Waals surface area contributed by atoms with Crippen molar-refractivity contribution in [3.8, 4) is 22.4 Å². The molecule has 0 N–H and O–H groups in total. The van der Waals surface area contributed by atoms with E-state index in [1.165, 1.54) is 22.3 Å². The molecular weight excluding hydrogens is 592 g/mol. The molecule has 0 unspecified atom stereocenters. The molecule has 0 aliphatic heterocycles. The van der Waals surface area contributed by atoms with Gasteiger partial charge in [0.05, 0.1) is 5.69 Å². The van der Waals surface area contributed by atoms with Gasteiger partial charge in [0.15, 0.2) is 0 Å². The van der Waals surface area contributed by atoms with Gasteiger partial charge in [-0.1, -0.05) is 99.0 Å². The zero-order valence-electron chi connectivity index (χ0n) is 22.0. The molecule has 3 rings (SSSR count). The van der Waals surface area contributed by atoms with Gasteiger partial charge in [0, 0.05) is 59.8 Å². The molecule has 0 amide bonds. The Labute approximate surface area is 247 Å². The smallest absolute Gasteiger partial charge is 0.0708 e. The van der Waals surface area contributed by atoms with E-state index in [-0.39, 0.29) is 37.3 Å². The van der Waals surface area contributed by atoms with Crippen molar-refractivity contribution >= 4 is 6.21 Å². The summed E-state index contributed by atoms with van der Waals surface area (Å²) in [6.45, 7) is 14.0. The molecule has 0 saturated carbocycles. The number of rotatable bonds is 8. The molecule has 36 heavy (non-hydrogen) atoms. The molecule has 1 heterocycles. The van der Waals surface area contributed by atoms with Crippen LogP contribution < -0.4 is 0 Å². The number of allylic oxidation sites excluding steroid dienone is 7. The van der Waals surface area contributed by atoms with Crippen molar-refractivity contribution in [1.29, 1.82) is 0 Å². The minimum absolute atomic E-state index is 0. The Kier molecular flexibility index (Phi) is 15.6. The number of pyridine rings is 1. The first-order chi connectivity index (χ1) is 17.0. The maximum Gasteiger partial charge on any atom is 0.0708 e. The zero-order chi connectivity index (χ0) is 25.5. The third-order valence-corrected chi connectivity index (χ3v) is 5.38. The molecule has 2 aromatic carbocycles. The Morgan fingerprint density at radius 3 is 2.33 bits per heavy atom. The summed E-state index contributed by atoms with van der Waals surface area (Å²) >= 11 is 0. The first-order valence-electron chi connectivity index (χ1n) is 12.1. The van der Waals surface area contributed by atoms with E-state index in [0.717, 1.165) is 23.5 Å². The summed E-state index contributed by atoms with van der Waals surface area (Å²) in [4.78, 5) is 9.03. The largest absolute Gasteiger partial charge is 0.325 e. The Morgan fingerprint density at radius 1 is 1.00 bits per heavy atom. The predicted octanol–water partition coefficient (Wildman–Crippen LogP) is 9.32. The van der Waals surface area contributed by atoms with Gasteiger partial charge < -0.3 is 4.99 Å². The van der Waals surface area contributed by atoms with E-state index in [2.05, 4.69) is 111 Å². The molecule has 0 radical (unpaired) electrons. The molecule has 0 saturated heterocycles. The van der Waals surface area contributed by atoms with Crippen LogP contribution in [0, 0.1) is 50.3 Å². The summed E-state index contributed by atoms with van der Waals surface area (Å²) in [7, 11) is 0. The van der Waals surface area contributed by atoms with Crippen LogP contribution in [-0.2, 0) is 0 Å². The van der Waals surface area contributed by atoms with Crippen LogP contribution in [0.15, 0.2) is 114 Å². The third-order valence-electron chi connectivity index (χ3n) is 5.38. The van der Waals surface area contributed by atoms with E-state index >= 15 is 0 Å². The maximum atomic E-state index is 4.86. The fourth-order valence-corrected chi connectivity index (χ4v) is 3.56. The van der Waals surface area contributed by atoms with Crippen molar-refractivity contribution in [2.45, 2.75) is 47.0 Å². The molecule has 0 bridgehead atoms. The van der Waals surface area contributed by atoms with Gasteiger partial charge in [-0.3, -0.25) is 4.98 Å². The van der Waals surface area contributed by atoms with Crippen LogP contribution in [0.2, 0.25) is 0 Å². The number of aryl methyl sites for hydroxylation is 1. The summed E-state index contributed by atoms with van der Waals surface area (Å²) in [5.74, 6) is 0.493. The van der Waals surface area contributed by atoms with Crippen LogP contribution in [0.5, 0.6) is 0 Å². The standard InChI is InChI=1S/C21H21N.C12H16N.Er/c1-15(2)18-11-7-8-12-20(18)21-14-13-19(16(3)22-21)17-9-5-4-6-10-17;1-4-6-8-10-12(3)13-11-9-7-5-2;/h4-15H,1-3H3;4-6,9-11H,2,8H2,1,3H3;/q;-1;/b;6-4-,12-10+,13-11?;. The van der Waals surface area contributed by atoms with Crippen molar-refractivity contribution < 1.29 is 37.3 Å². The van der Waals surface area contributed by atoms with Crippen LogP contribution in [0.1, 0.15) is 51.3 Å². The summed E-state index contributed by atoms with van der Waals surface area (Å²) in [5.41, 5.74) is 8.15. The van der Waals surface area contributed by atoms with E-state index in [4.69, 9.17) is 4.98 Å². The molecule has 3 aromatic rings. The van der Waals surface area contributed by atoms with Gasteiger partial charge in [0.2, 0.25) is 0 Å². The average Bonchev–Trinajstić information content (AvgIpc) is 2.87. The molecule has 3 heteroatoms. The molecule has 0 fully saturated rings. The fraction of sp³-hybridized carbons (Fsp3) is 0.212. The second-order valence-electron chi connectivity index (χ2n) is 8.40. The number of hydrogen-bond donors (Lipinski definition) is 0. The molecule has 1 aromatic heterocycles. The van der Waals surface area contributed by atoms with Gasteiger partial charge in [0.25, 0.3) is 0 Å². The van der Waals surface area contributed by atoms with Crippen molar-refractivity contribution in [3.63, 3.8) is 0 Å². The summed E-state index contributed by atoms with van der Waals surface area (Å²) < 4.78 is 0. The quantitative estimate of drug-likeness (QED) is 0.106. The van der Waals surface area contributed by atoms with Crippen molar-refractivity contribution in [1.82, 2.24) is 4.98 Å². The van der Waals surface area contributed by atoms with Crippen molar-refractivity contribution in [2.24, 2.45) is 4.99 Å². The third kappa shape index (κ3) is 10.6. The van der Waals surface area contributed by atoms with E-state index in [1.54, 1.807) is 18.4 Å². The minimum atomic E-state index is 0. The normalized spacial score (nSPS) is 11.6. The monoisotopic (exact) mass is 627 g/mol. The van der Waals surface area contributed by atoms with E-state index in [9.17, 15) is 0 Å². The Hall–Kier alpha value is -2.53. The van der Waals surface area contributed by atoms with Crippen LogP contribution in [-0.4, -0.2) is 11.2 Å². The number of aromatic nitrogens is 1. The van der Waals surface area contributed by atoms with Crippen molar-refractivity contribution in [2.75, 3.05) is 0 Å². The summed E-state index contributed by atoms with van der Waals surface area (Å²) in [5, 5.41) is 0.